The second-order valence-electron chi connectivity index (χ2n) is 6.54. The third-order valence-electron chi connectivity index (χ3n) is 4.44. The first kappa shape index (κ1) is 19.7. The van der Waals surface area contributed by atoms with Crippen molar-refractivity contribution in [3.63, 3.8) is 0 Å². The van der Waals surface area contributed by atoms with Crippen LogP contribution in [0, 0.1) is 11.3 Å². The molecule has 1 aromatic heterocycles. The third-order valence-corrected chi connectivity index (χ3v) is 4.44. The Morgan fingerprint density at radius 3 is 2.52 bits per heavy atom. The minimum absolute atomic E-state index is 0.297. The lowest BCUT2D eigenvalue weighted by Gasteiger charge is -2.09. The number of hydrogen-bond acceptors (Lipinski definition) is 6. The van der Waals surface area contributed by atoms with Gasteiger partial charge >= 0.3 is 0 Å². The summed E-state index contributed by atoms with van der Waals surface area (Å²) in [4.78, 5) is 24.4. The SMILES string of the molecule is N#Cc1ccc(OCC(=O)NNC(=O)c2ccc3noc(-c4ccccc4)c3c2)cc1. The number of hydrazine groups is 1. The summed E-state index contributed by atoms with van der Waals surface area (Å²) in [5.74, 6) is -0.0282. The molecule has 152 valence electrons. The standard InChI is InChI=1S/C23H16N4O4/c24-13-15-6-9-18(10-7-15)30-14-21(28)25-26-23(29)17-8-11-20-19(12-17)22(31-27-20)16-4-2-1-3-5-16/h1-12H,14H2,(H,25,28)(H,26,29). The smallest absolute Gasteiger partial charge is 0.276 e. The van der Waals surface area contributed by atoms with Crippen LogP contribution >= 0.6 is 0 Å². The van der Waals surface area contributed by atoms with E-state index in [9.17, 15) is 9.59 Å². The molecule has 0 aliphatic carbocycles. The zero-order chi connectivity index (χ0) is 21.6. The van der Waals surface area contributed by atoms with E-state index in [1.807, 2.05) is 36.4 Å². The maximum Gasteiger partial charge on any atom is 0.276 e. The topological polar surface area (TPSA) is 117 Å². The molecule has 0 saturated carbocycles. The Morgan fingerprint density at radius 1 is 1.00 bits per heavy atom. The molecule has 31 heavy (non-hydrogen) atoms. The van der Waals surface area contributed by atoms with Crippen LogP contribution in [0.2, 0.25) is 0 Å². The number of ether oxygens (including phenoxy) is 1. The molecule has 4 aromatic rings. The lowest BCUT2D eigenvalue weighted by Crippen LogP contribution is -2.43. The Morgan fingerprint density at radius 2 is 1.77 bits per heavy atom. The van der Waals surface area contributed by atoms with Crippen molar-refractivity contribution >= 4 is 22.7 Å². The second-order valence-corrected chi connectivity index (χ2v) is 6.54. The van der Waals surface area contributed by atoms with Crippen molar-refractivity contribution in [2.75, 3.05) is 6.61 Å². The Labute approximate surface area is 177 Å². The van der Waals surface area contributed by atoms with Gasteiger partial charge in [-0.1, -0.05) is 35.5 Å². The van der Waals surface area contributed by atoms with E-state index >= 15 is 0 Å². The molecular formula is C23H16N4O4. The highest BCUT2D eigenvalue weighted by Crippen LogP contribution is 2.29. The maximum absolute atomic E-state index is 12.5. The van der Waals surface area contributed by atoms with Crippen LogP contribution < -0.4 is 15.6 Å². The predicted octanol–water partition coefficient (Wildman–Crippen LogP) is 3.21. The van der Waals surface area contributed by atoms with Crippen molar-refractivity contribution in [2.45, 2.75) is 0 Å². The van der Waals surface area contributed by atoms with Crippen LogP contribution in [0.4, 0.5) is 0 Å². The third kappa shape index (κ3) is 4.52. The van der Waals surface area contributed by atoms with Crippen LogP contribution in [-0.2, 0) is 4.79 Å². The highest BCUT2D eigenvalue weighted by atomic mass is 16.5. The van der Waals surface area contributed by atoms with E-state index in [0.717, 1.165) is 5.56 Å². The lowest BCUT2D eigenvalue weighted by atomic mass is 10.1. The number of rotatable bonds is 5. The molecule has 4 rings (SSSR count). The van der Waals surface area contributed by atoms with Crippen LogP contribution in [0.15, 0.2) is 77.3 Å². The second kappa shape index (κ2) is 8.80. The maximum atomic E-state index is 12.5. The molecule has 2 amide bonds. The normalized spacial score (nSPS) is 10.3. The fourth-order valence-electron chi connectivity index (χ4n) is 2.89. The average Bonchev–Trinajstić information content (AvgIpc) is 3.25. The molecule has 0 aliphatic heterocycles. The highest BCUT2D eigenvalue weighted by molar-refractivity contribution is 6.01. The molecule has 0 unspecified atom stereocenters. The largest absolute Gasteiger partial charge is 0.484 e. The van der Waals surface area contributed by atoms with Crippen molar-refractivity contribution in [1.82, 2.24) is 16.0 Å². The van der Waals surface area contributed by atoms with Gasteiger partial charge in [-0.15, -0.1) is 0 Å². The number of fused-ring (bicyclic) bond motifs is 1. The summed E-state index contributed by atoms with van der Waals surface area (Å²) in [5, 5.41) is 13.5. The molecule has 0 saturated heterocycles. The summed E-state index contributed by atoms with van der Waals surface area (Å²) in [6.45, 7) is -0.297. The minimum atomic E-state index is -0.534. The highest BCUT2D eigenvalue weighted by Gasteiger charge is 2.14. The van der Waals surface area contributed by atoms with E-state index in [-0.39, 0.29) is 6.61 Å². The van der Waals surface area contributed by atoms with Crippen molar-refractivity contribution in [1.29, 1.82) is 5.26 Å². The number of carbonyl (C=O) groups is 2. The van der Waals surface area contributed by atoms with Crippen molar-refractivity contribution < 1.29 is 18.8 Å². The van der Waals surface area contributed by atoms with Gasteiger partial charge in [0.05, 0.1) is 17.0 Å². The molecule has 8 nitrogen and oxygen atoms in total. The molecule has 0 spiro atoms. The number of aromatic nitrogens is 1. The van der Waals surface area contributed by atoms with Crippen LogP contribution in [0.1, 0.15) is 15.9 Å². The van der Waals surface area contributed by atoms with Gasteiger partial charge in [-0.2, -0.15) is 5.26 Å². The fraction of sp³-hybridized carbons (Fsp3) is 0.0435. The summed E-state index contributed by atoms with van der Waals surface area (Å²) in [5.41, 5.74) is 6.95. The van der Waals surface area contributed by atoms with Gasteiger partial charge in [0.2, 0.25) is 0 Å². The van der Waals surface area contributed by atoms with Gasteiger partial charge in [0.15, 0.2) is 12.4 Å². The van der Waals surface area contributed by atoms with Crippen molar-refractivity contribution in [3.05, 3.63) is 83.9 Å². The van der Waals surface area contributed by atoms with Gasteiger partial charge in [0.25, 0.3) is 11.8 Å². The fourth-order valence-corrected chi connectivity index (χ4v) is 2.89. The van der Waals surface area contributed by atoms with Crippen molar-refractivity contribution in [2.24, 2.45) is 0 Å². The van der Waals surface area contributed by atoms with Gasteiger partial charge in [-0.3, -0.25) is 20.4 Å². The number of nitrogens with one attached hydrogen (secondary N) is 2. The van der Waals surface area contributed by atoms with Gasteiger partial charge in [-0.25, -0.2) is 0 Å². The van der Waals surface area contributed by atoms with Gasteiger partial charge < -0.3 is 9.26 Å². The Kier molecular flexibility index (Phi) is 5.58. The quantitative estimate of drug-likeness (QED) is 0.486. The Bertz CT molecular complexity index is 1270. The zero-order valence-electron chi connectivity index (χ0n) is 16.2. The van der Waals surface area contributed by atoms with E-state index in [1.54, 1.807) is 42.5 Å². The number of nitrogens with zero attached hydrogens (tertiary/aromatic N) is 2. The Hall–Kier alpha value is -4.64. The number of hydrogen-bond donors (Lipinski definition) is 2. The molecule has 0 aliphatic rings. The number of benzene rings is 3. The number of amides is 2. The van der Waals surface area contributed by atoms with Crippen molar-refractivity contribution in [3.8, 4) is 23.1 Å². The monoisotopic (exact) mass is 412 g/mol. The predicted molar refractivity (Wildman–Crippen MR) is 112 cm³/mol. The van der Waals surface area contributed by atoms with Gasteiger partial charge in [0, 0.05) is 11.1 Å². The molecule has 0 atom stereocenters. The van der Waals surface area contributed by atoms with Crippen LogP contribution in [0.3, 0.4) is 0 Å². The summed E-state index contributed by atoms with van der Waals surface area (Å²) in [6, 6.07) is 22.7. The van der Waals surface area contributed by atoms with Crippen LogP contribution in [0.5, 0.6) is 5.75 Å². The minimum Gasteiger partial charge on any atom is -0.484 e. The first-order chi connectivity index (χ1) is 15.1. The van der Waals surface area contributed by atoms with Crippen LogP contribution in [0.25, 0.3) is 22.2 Å². The Balaban J connectivity index is 1.38. The molecule has 1 heterocycles. The number of carbonyl (C=O) groups excluding carboxylic acids is 2. The lowest BCUT2D eigenvalue weighted by molar-refractivity contribution is -0.123. The first-order valence-electron chi connectivity index (χ1n) is 9.31. The average molecular weight is 412 g/mol. The molecule has 8 heteroatoms. The van der Waals surface area contributed by atoms with E-state index in [1.165, 1.54) is 0 Å². The van der Waals surface area contributed by atoms with E-state index in [2.05, 4.69) is 16.0 Å². The summed E-state index contributed by atoms with van der Waals surface area (Å²) in [7, 11) is 0. The molecule has 0 bridgehead atoms. The van der Waals surface area contributed by atoms with Gasteiger partial charge in [0.1, 0.15) is 11.3 Å². The summed E-state index contributed by atoms with van der Waals surface area (Å²) < 4.78 is 10.8. The molecule has 0 radical (unpaired) electrons. The molecule has 2 N–H and O–H groups in total. The molecule has 0 fully saturated rings. The zero-order valence-corrected chi connectivity index (χ0v) is 16.2. The first-order valence-corrected chi connectivity index (χ1v) is 9.31. The number of nitriles is 1. The van der Waals surface area contributed by atoms with E-state index in [4.69, 9.17) is 14.5 Å². The molecule has 3 aromatic carbocycles. The van der Waals surface area contributed by atoms with E-state index in [0.29, 0.717) is 33.5 Å². The van der Waals surface area contributed by atoms with Crippen LogP contribution in [-0.4, -0.2) is 23.6 Å². The molecular weight excluding hydrogens is 396 g/mol. The summed E-state index contributed by atoms with van der Waals surface area (Å²) >= 11 is 0. The van der Waals surface area contributed by atoms with E-state index < -0.39 is 11.8 Å². The van der Waals surface area contributed by atoms with Gasteiger partial charge in [-0.05, 0) is 42.5 Å². The summed E-state index contributed by atoms with van der Waals surface area (Å²) in [6.07, 6.45) is 0.